The van der Waals surface area contributed by atoms with E-state index in [9.17, 15) is 0 Å². The van der Waals surface area contributed by atoms with E-state index in [0.717, 1.165) is 36.7 Å². The largest absolute Gasteiger partial charge is 0.463 e. The molecule has 0 unspecified atom stereocenters. The summed E-state index contributed by atoms with van der Waals surface area (Å²) in [5, 5.41) is 0. The Balaban J connectivity index is 1.69. The summed E-state index contributed by atoms with van der Waals surface area (Å²) in [7, 11) is 1.74. The fourth-order valence-electron chi connectivity index (χ4n) is 2.77. The van der Waals surface area contributed by atoms with Gasteiger partial charge >= 0.3 is 6.01 Å². The first-order valence-corrected chi connectivity index (χ1v) is 8.44. The summed E-state index contributed by atoms with van der Waals surface area (Å²) in [6.07, 6.45) is 7.96. The molecule has 0 atom stereocenters. The van der Waals surface area contributed by atoms with Crippen molar-refractivity contribution in [3.8, 4) is 6.01 Å². The second kappa shape index (κ2) is 8.38. The number of rotatable bonds is 6. The topological polar surface area (TPSA) is 63.5 Å². The van der Waals surface area contributed by atoms with Crippen LogP contribution in [0.1, 0.15) is 30.7 Å². The van der Waals surface area contributed by atoms with E-state index in [-0.39, 0.29) is 0 Å². The molecule has 1 fully saturated rings. The Morgan fingerprint density at radius 1 is 1.21 bits per heavy atom. The minimum absolute atomic E-state index is 0.406. The number of hydrogen-bond donors (Lipinski definition) is 0. The monoisotopic (exact) mass is 325 g/mol. The average Bonchev–Trinajstić information content (AvgIpc) is 2.63. The second-order valence-electron chi connectivity index (χ2n) is 5.79. The van der Waals surface area contributed by atoms with E-state index in [1.165, 1.54) is 19.3 Å². The Labute approximate surface area is 142 Å². The van der Waals surface area contributed by atoms with Crippen LogP contribution in [-0.4, -0.2) is 47.9 Å². The molecule has 0 bridgehead atoms. The molecule has 6 nitrogen and oxygen atoms in total. The Kier molecular flexibility index (Phi) is 5.71. The lowest BCUT2D eigenvalue weighted by Gasteiger charge is -2.27. The van der Waals surface area contributed by atoms with Gasteiger partial charge in [0.25, 0.3) is 0 Å². The first kappa shape index (κ1) is 16.4. The molecular formula is C18H23N5O. The van der Waals surface area contributed by atoms with Crippen molar-refractivity contribution >= 4 is 12.0 Å². The maximum atomic E-state index is 5.78. The minimum Gasteiger partial charge on any atom is -0.463 e. The number of aromatic nitrogens is 3. The zero-order chi connectivity index (χ0) is 16.6. The highest BCUT2D eigenvalue weighted by Gasteiger charge is 2.15. The van der Waals surface area contributed by atoms with Crippen LogP contribution in [0.3, 0.4) is 0 Å². The van der Waals surface area contributed by atoms with Gasteiger partial charge in [-0.05, 0) is 31.4 Å². The Hall–Kier alpha value is -2.50. The maximum Gasteiger partial charge on any atom is 0.318 e. The fourth-order valence-corrected chi connectivity index (χ4v) is 2.77. The molecule has 2 aromatic rings. The Bertz CT molecular complexity index is 668. The standard InChI is InChI=1S/C18H23N5O/c1-19-14-16-13-17(23-10-5-2-6-11-23)22-18(21-16)24-12-8-15-7-3-4-9-20-15/h3-4,7,9,13-14H,2,5-6,8,10-12H2,1H3. The van der Waals surface area contributed by atoms with Gasteiger partial charge in [-0.3, -0.25) is 9.98 Å². The summed E-state index contributed by atoms with van der Waals surface area (Å²) >= 11 is 0. The molecule has 1 aliphatic rings. The van der Waals surface area contributed by atoms with E-state index in [1.54, 1.807) is 19.5 Å². The van der Waals surface area contributed by atoms with Crippen molar-refractivity contribution in [3.63, 3.8) is 0 Å². The number of anilines is 1. The van der Waals surface area contributed by atoms with Crippen LogP contribution >= 0.6 is 0 Å². The van der Waals surface area contributed by atoms with Gasteiger partial charge in [0.1, 0.15) is 5.82 Å². The number of hydrogen-bond acceptors (Lipinski definition) is 6. The quantitative estimate of drug-likeness (QED) is 0.764. The predicted octanol–water partition coefficient (Wildman–Crippen LogP) is 2.53. The highest BCUT2D eigenvalue weighted by Crippen LogP contribution is 2.20. The molecule has 2 aromatic heterocycles. The summed E-state index contributed by atoms with van der Waals surface area (Å²) in [6, 6.07) is 8.26. The zero-order valence-corrected chi connectivity index (χ0v) is 14.1. The number of aliphatic imine (C=N–C) groups is 1. The molecule has 1 aliphatic heterocycles. The van der Waals surface area contributed by atoms with Gasteiger partial charge in [0.2, 0.25) is 0 Å². The molecule has 0 N–H and O–H groups in total. The van der Waals surface area contributed by atoms with Crippen molar-refractivity contribution in [3.05, 3.63) is 41.9 Å². The zero-order valence-electron chi connectivity index (χ0n) is 14.1. The summed E-state index contributed by atoms with van der Waals surface area (Å²) in [6.45, 7) is 2.57. The summed E-state index contributed by atoms with van der Waals surface area (Å²) in [5.74, 6) is 0.924. The van der Waals surface area contributed by atoms with Crippen LogP contribution in [-0.2, 0) is 6.42 Å². The van der Waals surface area contributed by atoms with Crippen LogP contribution in [0.5, 0.6) is 6.01 Å². The molecule has 0 amide bonds. The number of pyridine rings is 1. The van der Waals surface area contributed by atoms with Crippen LogP contribution < -0.4 is 9.64 Å². The first-order valence-electron chi connectivity index (χ1n) is 8.44. The lowest BCUT2D eigenvalue weighted by Crippen LogP contribution is -2.30. The molecule has 3 heterocycles. The van der Waals surface area contributed by atoms with E-state index < -0.39 is 0 Å². The number of ether oxygens (including phenoxy) is 1. The third-order valence-corrected chi connectivity index (χ3v) is 3.97. The molecule has 0 aromatic carbocycles. The Morgan fingerprint density at radius 3 is 2.83 bits per heavy atom. The van der Waals surface area contributed by atoms with Gasteiger partial charge in [-0.2, -0.15) is 9.97 Å². The minimum atomic E-state index is 0.406. The number of nitrogens with zero attached hydrogens (tertiary/aromatic N) is 5. The van der Waals surface area contributed by atoms with Gasteiger partial charge in [0.15, 0.2) is 0 Å². The van der Waals surface area contributed by atoms with Crippen LogP contribution in [0.2, 0.25) is 0 Å². The van der Waals surface area contributed by atoms with Crippen molar-refractivity contribution < 1.29 is 4.74 Å². The van der Waals surface area contributed by atoms with Crippen molar-refractivity contribution in [2.24, 2.45) is 4.99 Å². The molecule has 6 heteroatoms. The van der Waals surface area contributed by atoms with E-state index in [1.807, 2.05) is 24.3 Å². The van der Waals surface area contributed by atoms with E-state index in [2.05, 4.69) is 24.8 Å². The van der Waals surface area contributed by atoms with Crippen LogP contribution in [0.25, 0.3) is 0 Å². The Morgan fingerprint density at radius 2 is 2.08 bits per heavy atom. The normalized spacial score (nSPS) is 15.0. The van der Waals surface area contributed by atoms with E-state index >= 15 is 0 Å². The van der Waals surface area contributed by atoms with Gasteiger partial charge < -0.3 is 9.64 Å². The predicted molar refractivity (Wildman–Crippen MR) is 95.1 cm³/mol. The first-order chi connectivity index (χ1) is 11.8. The average molecular weight is 325 g/mol. The third kappa shape index (κ3) is 4.50. The maximum absolute atomic E-state index is 5.78. The van der Waals surface area contributed by atoms with E-state index in [0.29, 0.717) is 12.6 Å². The molecule has 1 saturated heterocycles. The molecule has 0 aliphatic carbocycles. The summed E-state index contributed by atoms with van der Waals surface area (Å²) in [5.41, 5.74) is 1.78. The van der Waals surface area contributed by atoms with Crippen LogP contribution in [0.15, 0.2) is 35.5 Å². The lowest BCUT2D eigenvalue weighted by atomic mass is 10.1. The van der Waals surface area contributed by atoms with Crippen LogP contribution in [0, 0.1) is 0 Å². The van der Waals surface area contributed by atoms with Gasteiger partial charge in [-0.15, -0.1) is 0 Å². The second-order valence-corrected chi connectivity index (χ2v) is 5.79. The lowest BCUT2D eigenvalue weighted by molar-refractivity contribution is 0.295. The molecule has 0 spiro atoms. The van der Waals surface area contributed by atoms with Crippen LogP contribution in [0.4, 0.5) is 5.82 Å². The molecule has 0 radical (unpaired) electrons. The fraction of sp³-hybridized carbons (Fsp3) is 0.444. The highest BCUT2D eigenvalue weighted by molar-refractivity contribution is 5.78. The van der Waals surface area contributed by atoms with Gasteiger partial charge in [-0.25, -0.2) is 0 Å². The molecule has 126 valence electrons. The van der Waals surface area contributed by atoms with Crippen molar-refractivity contribution in [1.29, 1.82) is 0 Å². The molecular weight excluding hydrogens is 302 g/mol. The molecule has 0 saturated carbocycles. The van der Waals surface area contributed by atoms with Gasteiger partial charge in [-0.1, -0.05) is 6.07 Å². The number of piperidine rings is 1. The van der Waals surface area contributed by atoms with E-state index in [4.69, 9.17) is 4.74 Å². The third-order valence-electron chi connectivity index (χ3n) is 3.97. The smallest absolute Gasteiger partial charge is 0.318 e. The molecule has 24 heavy (non-hydrogen) atoms. The highest BCUT2D eigenvalue weighted by atomic mass is 16.5. The van der Waals surface area contributed by atoms with Gasteiger partial charge in [0, 0.05) is 50.7 Å². The molecule has 3 rings (SSSR count). The van der Waals surface area contributed by atoms with Crippen molar-refractivity contribution in [2.75, 3.05) is 31.6 Å². The summed E-state index contributed by atoms with van der Waals surface area (Å²) < 4.78 is 5.78. The van der Waals surface area contributed by atoms with Gasteiger partial charge in [0.05, 0.1) is 12.3 Å². The van der Waals surface area contributed by atoms with Crippen molar-refractivity contribution in [2.45, 2.75) is 25.7 Å². The SMILES string of the molecule is CN=Cc1cc(N2CCCCC2)nc(OCCc2ccccn2)n1. The van der Waals surface area contributed by atoms with Crippen molar-refractivity contribution in [1.82, 2.24) is 15.0 Å². The summed E-state index contributed by atoms with van der Waals surface area (Å²) in [4.78, 5) is 19.7.